The number of benzene rings is 1. The summed E-state index contributed by atoms with van der Waals surface area (Å²) in [4.78, 5) is 0. The molecule has 1 atom stereocenters. The maximum atomic E-state index is 9.34. The van der Waals surface area contributed by atoms with Crippen molar-refractivity contribution in [3.63, 3.8) is 0 Å². The molecule has 0 radical (unpaired) electrons. The summed E-state index contributed by atoms with van der Waals surface area (Å²) in [5.74, 6) is 1.10. The lowest BCUT2D eigenvalue weighted by atomic mass is 9.93. The maximum absolute atomic E-state index is 9.34. The predicted molar refractivity (Wildman–Crippen MR) is 70.4 cm³/mol. The minimum atomic E-state index is 0.0636. The summed E-state index contributed by atoms with van der Waals surface area (Å²) in [5.41, 5.74) is 3.21. The van der Waals surface area contributed by atoms with Crippen molar-refractivity contribution >= 4 is 5.69 Å². The van der Waals surface area contributed by atoms with Crippen molar-refractivity contribution in [3.05, 3.63) is 53.5 Å². The first-order valence-corrected chi connectivity index (χ1v) is 6.40. The van der Waals surface area contributed by atoms with Crippen molar-refractivity contribution in [2.75, 3.05) is 5.32 Å². The predicted octanol–water partition coefficient (Wildman–Crippen LogP) is 3.26. The molecule has 1 aliphatic carbocycles. The van der Waals surface area contributed by atoms with Crippen LogP contribution in [0.1, 0.15) is 35.8 Å². The molecule has 2 N–H and O–H groups in total. The van der Waals surface area contributed by atoms with Crippen LogP contribution in [0, 0.1) is 0 Å². The molecule has 0 aliphatic heterocycles. The fraction of sp³-hybridized carbons (Fsp3) is 0.333. The van der Waals surface area contributed by atoms with E-state index in [2.05, 4.69) is 5.32 Å². The molecule has 0 bridgehead atoms. The summed E-state index contributed by atoms with van der Waals surface area (Å²) in [6.07, 6.45) is 5.04. The van der Waals surface area contributed by atoms with Gasteiger partial charge < -0.3 is 14.8 Å². The van der Waals surface area contributed by atoms with Crippen LogP contribution < -0.4 is 5.32 Å². The number of aliphatic hydroxyl groups excluding tert-OH is 1. The molecule has 0 spiro atoms. The van der Waals surface area contributed by atoms with Gasteiger partial charge in [-0.05, 0) is 25.0 Å². The van der Waals surface area contributed by atoms with Crippen molar-refractivity contribution in [2.45, 2.75) is 31.9 Å². The van der Waals surface area contributed by atoms with E-state index < -0.39 is 0 Å². The lowest BCUT2D eigenvalue weighted by Gasteiger charge is -2.24. The lowest BCUT2D eigenvalue weighted by molar-refractivity contribution is 0.282. The van der Waals surface area contributed by atoms with E-state index in [4.69, 9.17) is 4.42 Å². The zero-order valence-electron chi connectivity index (χ0n) is 10.2. The minimum Gasteiger partial charge on any atom is -0.469 e. The molecule has 1 unspecified atom stereocenters. The molecule has 0 amide bonds. The second-order valence-corrected chi connectivity index (χ2v) is 4.70. The lowest BCUT2D eigenvalue weighted by Crippen LogP contribution is -2.16. The summed E-state index contributed by atoms with van der Waals surface area (Å²) in [7, 11) is 0. The largest absolute Gasteiger partial charge is 0.469 e. The van der Waals surface area contributed by atoms with Crippen LogP contribution in [0.2, 0.25) is 0 Å². The first kappa shape index (κ1) is 11.4. The van der Waals surface area contributed by atoms with Crippen LogP contribution in [0.5, 0.6) is 0 Å². The fourth-order valence-electron chi connectivity index (χ4n) is 2.62. The van der Waals surface area contributed by atoms with Gasteiger partial charge in [-0.2, -0.15) is 0 Å². The third-order valence-electron chi connectivity index (χ3n) is 3.57. The van der Waals surface area contributed by atoms with E-state index in [0.29, 0.717) is 6.04 Å². The number of rotatable bonds is 3. The molecule has 3 heteroatoms. The van der Waals surface area contributed by atoms with Crippen molar-refractivity contribution in [1.29, 1.82) is 0 Å². The summed E-state index contributed by atoms with van der Waals surface area (Å²) >= 11 is 0. The number of furan rings is 1. The Morgan fingerprint density at radius 1 is 1.28 bits per heavy atom. The second-order valence-electron chi connectivity index (χ2n) is 4.70. The van der Waals surface area contributed by atoms with E-state index in [-0.39, 0.29) is 6.61 Å². The van der Waals surface area contributed by atoms with Crippen molar-refractivity contribution in [3.8, 4) is 0 Å². The Balaban J connectivity index is 1.86. The maximum Gasteiger partial charge on any atom is 0.109 e. The molecule has 0 saturated heterocycles. The smallest absolute Gasteiger partial charge is 0.109 e. The number of fused-ring (bicyclic) bond motifs is 1. The average Bonchev–Trinajstić information content (AvgIpc) is 2.89. The summed E-state index contributed by atoms with van der Waals surface area (Å²) in [6, 6.07) is 10.2. The highest BCUT2D eigenvalue weighted by molar-refractivity contribution is 5.52. The second kappa shape index (κ2) is 4.86. The SMILES string of the molecule is OCc1ccccc1NC1CCCc2occc21. The molecule has 1 aliphatic rings. The quantitative estimate of drug-likeness (QED) is 0.869. The third-order valence-corrected chi connectivity index (χ3v) is 3.57. The summed E-state index contributed by atoms with van der Waals surface area (Å²) < 4.78 is 5.49. The topological polar surface area (TPSA) is 45.4 Å². The van der Waals surface area contributed by atoms with Gasteiger partial charge in [0.25, 0.3) is 0 Å². The molecule has 1 aromatic carbocycles. The van der Waals surface area contributed by atoms with Gasteiger partial charge in [-0.3, -0.25) is 0 Å². The average molecular weight is 243 g/mol. The normalized spacial score (nSPS) is 18.4. The van der Waals surface area contributed by atoms with Gasteiger partial charge in [0, 0.05) is 23.2 Å². The Morgan fingerprint density at radius 2 is 2.17 bits per heavy atom. The molecule has 94 valence electrons. The van der Waals surface area contributed by atoms with Gasteiger partial charge in [0.2, 0.25) is 0 Å². The standard InChI is InChI=1S/C15H17NO2/c17-10-11-4-1-2-5-13(11)16-14-6-3-7-15-12(14)8-9-18-15/h1-2,4-5,8-9,14,16-17H,3,6-7,10H2. The Morgan fingerprint density at radius 3 is 3.06 bits per heavy atom. The third kappa shape index (κ3) is 2.02. The molecular formula is C15H17NO2. The number of nitrogens with one attached hydrogen (secondary N) is 1. The Hall–Kier alpha value is -1.74. The van der Waals surface area contributed by atoms with E-state index in [1.807, 2.05) is 30.3 Å². The van der Waals surface area contributed by atoms with E-state index in [1.165, 1.54) is 5.56 Å². The van der Waals surface area contributed by atoms with Gasteiger partial charge in [-0.1, -0.05) is 18.2 Å². The van der Waals surface area contributed by atoms with Crippen molar-refractivity contribution in [2.24, 2.45) is 0 Å². The van der Waals surface area contributed by atoms with Crippen LogP contribution >= 0.6 is 0 Å². The molecular weight excluding hydrogens is 226 g/mol. The molecule has 0 saturated carbocycles. The van der Waals surface area contributed by atoms with Gasteiger partial charge in [0.05, 0.1) is 18.9 Å². The molecule has 2 aromatic rings. The monoisotopic (exact) mass is 243 g/mol. The van der Waals surface area contributed by atoms with Gasteiger partial charge in [-0.25, -0.2) is 0 Å². The molecule has 0 fully saturated rings. The van der Waals surface area contributed by atoms with Crippen LogP contribution in [-0.4, -0.2) is 5.11 Å². The molecule has 1 aromatic heterocycles. The molecule has 1 heterocycles. The van der Waals surface area contributed by atoms with Gasteiger partial charge >= 0.3 is 0 Å². The van der Waals surface area contributed by atoms with E-state index in [1.54, 1.807) is 6.26 Å². The fourth-order valence-corrected chi connectivity index (χ4v) is 2.62. The number of para-hydroxylation sites is 1. The minimum absolute atomic E-state index is 0.0636. The highest BCUT2D eigenvalue weighted by Crippen LogP contribution is 2.33. The highest BCUT2D eigenvalue weighted by Gasteiger charge is 2.22. The van der Waals surface area contributed by atoms with Gasteiger partial charge in [-0.15, -0.1) is 0 Å². The van der Waals surface area contributed by atoms with Crippen LogP contribution in [0.15, 0.2) is 41.0 Å². The molecule has 3 nitrogen and oxygen atoms in total. The first-order chi connectivity index (χ1) is 8.88. The van der Waals surface area contributed by atoms with E-state index in [0.717, 1.165) is 36.3 Å². The van der Waals surface area contributed by atoms with Crippen molar-refractivity contribution < 1.29 is 9.52 Å². The van der Waals surface area contributed by atoms with E-state index >= 15 is 0 Å². The summed E-state index contributed by atoms with van der Waals surface area (Å²) in [5, 5.41) is 12.9. The van der Waals surface area contributed by atoms with Gasteiger partial charge in [0.15, 0.2) is 0 Å². The number of aryl methyl sites for hydroxylation is 1. The zero-order valence-corrected chi connectivity index (χ0v) is 10.2. The van der Waals surface area contributed by atoms with Crippen LogP contribution in [0.3, 0.4) is 0 Å². The number of anilines is 1. The highest BCUT2D eigenvalue weighted by atomic mass is 16.3. The van der Waals surface area contributed by atoms with Gasteiger partial charge in [0.1, 0.15) is 5.76 Å². The van der Waals surface area contributed by atoms with Crippen LogP contribution in [-0.2, 0) is 13.0 Å². The number of hydrogen-bond donors (Lipinski definition) is 2. The molecule has 3 rings (SSSR count). The summed E-state index contributed by atoms with van der Waals surface area (Å²) in [6.45, 7) is 0.0636. The molecule has 18 heavy (non-hydrogen) atoms. The number of hydrogen-bond acceptors (Lipinski definition) is 3. The first-order valence-electron chi connectivity index (χ1n) is 6.40. The Kier molecular flexibility index (Phi) is 3.07. The van der Waals surface area contributed by atoms with Crippen LogP contribution in [0.25, 0.3) is 0 Å². The Bertz CT molecular complexity index is 533. The van der Waals surface area contributed by atoms with Crippen LogP contribution in [0.4, 0.5) is 5.69 Å². The van der Waals surface area contributed by atoms with Crippen molar-refractivity contribution in [1.82, 2.24) is 0 Å². The zero-order chi connectivity index (χ0) is 12.4. The van der Waals surface area contributed by atoms with E-state index in [9.17, 15) is 5.11 Å². The number of aliphatic hydroxyl groups is 1. The Labute approximate surface area is 106 Å².